The molecule has 0 saturated heterocycles. The molecule has 5 heteroatoms. The SMILES string of the molecule is O=C(NNC(=O)[C@@H]1C[C@H]1c1ccccc1)Nc1ccccc1. The highest BCUT2D eigenvalue weighted by molar-refractivity contribution is 5.91. The predicted octanol–water partition coefficient (Wildman–Crippen LogP) is 2.64. The van der Waals surface area contributed by atoms with Crippen LogP contribution in [0.3, 0.4) is 0 Å². The van der Waals surface area contributed by atoms with E-state index in [4.69, 9.17) is 0 Å². The fraction of sp³-hybridized carbons (Fsp3) is 0.176. The molecular weight excluding hydrogens is 278 g/mol. The van der Waals surface area contributed by atoms with Gasteiger partial charge in [0, 0.05) is 11.6 Å². The minimum atomic E-state index is -0.462. The van der Waals surface area contributed by atoms with E-state index < -0.39 is 6.03 Å². The second-order valence-corrected chi connectivity index (χ2v) is 5.29. The van der Waals surface area contributed by atoms with Gasteiger partial charge in [-0.3, -0.25) is 10.2 Å². The predicted molar refractivity (Wildman–Crippen MR) is 84.0 cm³/mol. The standard InChI is InChI=1S/C17H17N3O2/c21-16(15-11-14(15)12-7-3-1-4-8-12)19-20-17(22)18-13-9-5-2-6-10-13/h1-10,14-15H,11H2,(H,19,21)(H2,18,20,22)/t14-,15+/m0/s1. The molecule has 2 aromatic rings. The Labute approximate surface area is 128 Å². The Balaban J connectivity index is 1.45. The zero-order valence-electron chi connectivity index (χ0n) is 12.0. The van der Waals surface area contributed by atoms with Crippen molar-refractivity contribution >= 4 is 17.6 Å². The van der Waals surface area contributed by atoms with Crippen molar-refractivity contribution in [1.82, 2.24) is 10.9 Å². The van der Waals surface area contributed by atoms with Crippen LogP contribution in [0, 0.1) is 5.92 Å². The van der Waals surface area contributed by atoms with Crippen LogP contribution in [0.5, 0.6) is 0 Å². The number of hydrogen-bond donors (Lipinski definition) is 3. The number of nitrogens with one attached hydrogen (secondary N) is 3. The van der Waals surface area contributed by atoms with Gasteiger partial charge in [-0.05, 0) is 30.0 Å². The number of anilines is 1. The maximum atomic E-state index is 12.0. The number of carbonyl (C=O) groups excluding carboxylic acids is 2. The maximum Gasteiger partial charge on any atom is 0.337 e. The van der Waals surface area contributed by atoms with Crippen LogP contribution in [-0.2, 0) is 4.79 Å². The van der Waals surface area contributed by atoms with Gasteiger partial charge >= 0.3 is 6.03 Å². The lowest BCUT2D eigenvalue weighted by Crippen LogP contribution is -2.44. The van der Waals surface area contributed by atoms with E-state index in [0.717, 1.165) is 12.0 Å². The summed E-state index contributed by atoms with van der Waals surface area (Å²) in [6, 6.07) is 18.5. The number of rotatable bonds is 3. The molecule has 0 aromatic heterocycles. The average Bonchev–Trinajstić information content (AvgIpc) is 3.35. The fourth-order valence-electron chi connectivity index (χ4n) is 2.45. The van der Waals surface area contributed by atoms with Crippen LogP contribution in [0.25, 0.3) is 0 Å². The van der Waals surface area contributed by atoms with Crippen LogP contribution < -0.4 is 16.2 Å². The molecule has 2 atom stereocenters. The Morgan fingerprint density at radius 2 is 1.50 bits per heavy atom. The maximum absolute atomic E-state index is 12.0. The van der Waals surface area contributed by atoms with Crippen molar-refractivity contribution in [3.63, 3.8) is 0 Å². The second kappa shape index (κ2) is 6.30. The third-order valence-corrected chi connectivity index (χ3v) is 3.69. The molecule has 0 heterocycles. The highest BCUT2D eigenvalue weighted by Gasteiger charge is 2.43. The van der Waals surface area contributed by atoms with Gasteiger partial charge in [-0.1, -0.05) is 48.5 Å². The van der Waals surface area contributed by atoms with Crippen molar-refractivity contribution in [2.45, 2.75) is 12.3 Å². The molecule has 1 aliphatic carbocycles. The quantitative estimate of drug-likeness (QED) is 0.762. The molecule has 3 amide bonds. The van der Waals surface area contributed by atoms with Gasteiger partial charge in [0.15, 0.2) is 0 Å². The molecule has 3 N–H and O–H groups in total. The van der Waals surface area contributed by atoms with Gasteiger partial charge in [-0.2, -0.15) is 0 Å². The van der Waals surface area contributed by atoms with Gasteiger partial charge in [-0.25, -0.2) is 10.2 Å². The Morgan fingerprint density at radius 1 is 0.864 bits per heavy atom. The topological polar surface area (TPSA) is 70.2 Å². The number of para-hydroxylation sites is 1. The van der Waals surface area contributed by atoms with Crippen LogP contribution >= 0.6 is 0 Å². The number of carbonyl (C=O) groups is 2. The molecule has 112 valence electrons. The first kappa shape index (κ1) is 14.1. The van der Waals surface area contributed by atoms with Crippen LogP contribution in [-0.4, -0.2) is 11.9 Å². The molecule has 1 fully saturated rings. The van der Waals surface area contributed by atoms with Crippen molar-refractivity contribution in [1.29, 1.82) is 0 Å². The zero-order chi connectivity index (χ0) is 15.4. The average molecular weight is 295 g/mol. The van der Waals surface area contributed by atoms with Crippen LogP contribution in [0.2, 0.25) is 0 Å². The lowest BCUT2D eigenvalue weighted by Gasteiger charge is -2.08. The van der Waals surface area contributed by atoms with Gasteiger partial charge in [0.1, 0.15) is 0 Å². The zero-order valence-corrected chi connectivity index (χ0v) is 12.0. The van der Waals surface area contributed by atoms with E-state index in [0.29, 0.717) is 5.69 Å². The van der Waals surface area contributed by atoms with E-state index in [9.17, 15) is 9.59 Å². The molecule has 3 rings (SSSR count). The number of amides is 3. The molecule has 5 nitrogen and oxygen atoms in total. The minimum absolute atomic E-state index is 0.0700. The van der Waals surface area contributed by atoms with Crippen LogP contribution in [0.1, 0.15) is 17.9 Å². The smallest absolute Gasteiger partial charge is 0.307 e. The summed E-state index contributed by atoms with van der Waals surface area (Å²) in [6.07, 6.45) is 0.817. The molecule has 0 unspecified atom stereocenters. The number of urea groups is 1. The van der Waals surface area contributed by atoms with Crippen LogP contribution in [0.4, 0.5) is 10.5 Å². The first-order valence-corrected chi connectivity index (χ1v) is 7.21. The van der Waals surface area contributed by atoms with Gasteiger partial charge in [0.05, 0.1) is 0 Å². The van der Waals surface area contributed by atoms with Crippen molar-refractivity contribution in [3.8, 4) is 0 Å². The molecular formula is C17H17N3O2. The molecule has 0 aliphatic heterocycles. The number of benzene rings is 2. The highest BCUT2D eigenvalue weighted by Crippen LogP contribution is 2.47. The summed E-state index contributed by atoms with van der Waals surface area (Å²) in [5, 5.41) is 2.63. The largest absolute Gasteiger partial charge is 0.337 e. The summed E-state index contributed by atoms with van der Waals surface area (Å²) in [7, 11) is 0. The lowest BCUT2D eigenvalue weighted by atomic mass is 10.1. The van der Waals surface area contributed by atoms with Crippen molar-refractivity contribution in [2.24, 2.45) is 5.92 Å². The van der Waals surface area contributed by atoms with E-state index in [1.165, 1.54) is 0 Å². The van der Waals surface area contributed by atoms with Crippen molar-refractivity contribution in [2.75, 3.05) is 5.32 Å². The minimum Gasteiger partial charge on any atom is -0.307 e. The van der Waals surface area contributed by atoms with E-state index in [1.54, 1.807) is 12.1 Å². The molecule has 22 heavy (non-hydrogen) atoms. The first-order valence-electron chi connectivity index (χ1n) is 7.21. The third-order valence-electron chi connectivity index (χ3n) is 3.69. The Morgan fingerprint density at radius 3 is 2.18 bits per heavy atom. The van der Waals surface area contributed by atoms with E-state index in [-0.39, 0.29) is 17.7 Å². The van der Waals surface area contributed by atoms with E-state index in [2.05, 4.69) is 16.2 Å². The second-order valence-electron chi connectivity index (χ2n) is 5.29. The molecule has 1 aliphatic rings. The van der Waals surface area contributed by atoms with Gasteiger partial charge in [0.25, 0.3) is 0 Å². The monoisotopic (exact) mass is 295 g/mol. The summed E-state index contributed by atoms with van der Waals surface area (Å²) in [5.74, 6) is 0.0247. The van der Waals surface area contributed by atoms with Crippen LogP contribution in [0.15, 0.2) is 60.7 Å². The fourth-order valence-corrected chi connectivity index (χ4v) is 2.45. The molecule has 0 radical (unpaired) electrons. The normalized spacial score (nSPS) is 19.1. The number of hydrazine groups is 1. The van der Waals surface area contributed by atoms with Gasteiger partial charge in [-0.15, -0.1) is 0 Å². The summed E-state index contributed by atoms with van der Waals surface area (Å²) in [5.41, 5.74) is 6.67. The van der Waals surface area contributed by atoms with E-state index >= 15 is 0 Å². The summed E-state index contributed by atoms with van der Waals surface area (Å²) < 4.78 is 0. The molecule has 2 aromatic carbocycles. The first-order chi connectivity index (χ1) is 10.7. The third kappa shape index (κ3) is 3.44. The lowest BCUT2D eigenvalue weighted by molar-refractivity contribution is -0.123. The summed E-state index contributed by atoms with van der Waals surface area (Å²) in [4.78, 5) is 23.7. The summed E-state index contributed by atoms with van der Waals surface area (Å²) in [6.45, 7) is 0. The Hall–Kier alpha value is -2.82. The van der Waals surface area contributed by atoms with E-state index in [1.807, 2.05) is 48.5 Å². The van der Waals surface area contributed by atoms with Crippen molar-refractivity contribution in [3.05, 3.63) is 66.2 Å². The Kier molecular flexibility index (Phi) is 4.05. The van der Waals surface area contributed by atoms with Crippen molar-refractivity contribution < 1.29 is 9.59 Å². The van der Waals surface area contributed by atoms with Gasteiger partial charge in [0.2, 0.25) is 5.91 Å². The molecule has 0 spiro atoms. The summed E-state index contributed by atoms with van der Waals surface area (Å²) >= 11 is 0. The van der Waals surface area contributed by atoms with Gasteiger partial charge < -0.3 is 5.32 Å². The Bertz CT molecular complexity index is 658. The number of hydrogen-bond acceptors (Lipinski definition) is 2. The molecule has 1 saturated carbocycles. The highest BCUT2D eigenvalue weighted by atomic mass is 16.2. The molecule has 0 bridgehead atoms.